The molecule has 1 aromatic carbocycles. The van der Waals surface area contributed by atoms with Crippen LogP contribution in [0.1, 0.15) is 29.3 Å². The summed E-state index contributed by atoms with van der Waals surface area (Å²) in [5.41, 5.74) is 1.03. The van der Waals surface area contributed by atoms with E-state index in [1.54, 1.807) is 11.3 Å². The predicted molar refractivity (Wildman–Crippen MR) is 81.7 cm³/mol. The van der Waals surface area contributed by atoms with E-state index < -0.39 is 0 Å². The minimum Gasteiger partial charge on any atom is -0.396 e. The lowest BCUT2D eigenvalue weighted by Gasteiger charge is -2.18. The van der Waals surface area contributed by atoms with Crippen LogP contribution in [0.15, 0.2) is 47.8 Å². The Bertz CT molecular complexity index is 511. The highest BCUT2D eigenvalue weighted by molar-refractivity contribution is 7.09. The van der Waals surface area contributed by atoms with Crippen LogP contribution in [0.5, 0.6) is 0 Å². The smallest absolute Gasteiger partial charge is 0.220 e. The van der Waals surface area contributed by atoms with Gasteiger partial charge in [0.1, 0.15) is 0 Å². The van der Waals surface area contributed by atoms with Crippen molar-refractivity contribution in [1.29, 1.82) is 0 Å². The molecule has 0 bridgehead atoms. The summed E-state index contributed by atoms with van der Waals surface area (Å²) < 4.78 is 0. The fourth-order valence-corrected chi connectivity index (χ4v) is 2.80. The number of amides is 1. The van der Waals surface area contributed by atoms with Crippen LogP contribution in [0, 0.1) is 0 Å². The second kappa shape index (κ2) is 7.82. The molecular formula is C16H19NO2S. The van der Waals surface area contributed by atoms with Crippen LogP contribution < -0.4 is 5.32 Å². The number of carbonyl (C=O) groups excluding carboxylic acids is 1. The zero-order chi connectivity index (χ0) is 14.2. The number of aliphatic hydroxyl groups excluding tert-OH is 1. The summed E-state index contributed by atoms with van der Waals surface area (Å²) in [4.78, 5) is 13.2. The SMILES string of the molecule is O=C(CCc1cccs1)NC(CCO)c1ccccc1. The van der Waals surface area contributed by atoms with Crippen molar-refractivity contribution in [3.8, 4) is 0 Å². The van der Waals surface area contributed by atoms with Crippen molar-refractivity contribution >= 4 is 17.2 Å². The van der Waals surface area contributed by atoms with Crippen LogP contribution in [0.25, 0.3) is 0 Å². The first kappa shape index (κ1) is 14.8. The molecule has 0 aliphatic carbocycles. The lowest BCUT2D eigenvalue weighted by Crippen LogP contribution is -2.29. The maximum Gasteiger partial charge on any atom is 0.220 e. The highest BCUT2D eigenvalue weighted by atomic mass is 32.1. The summed E-state index contributed by atoms with van der Waals surface area (Å²) in [7, 11) is 0. The largest absolute Gasteiger partial charge is 0.396 e. The number of aryl methyl sites for hydroxylation is 1. The molecule has 1 atom stereocenters. The van der Waals surface area contributed by atoms with Gasteiger partial charge in [0.25, 0.3) is 0 Å². The summed E-state index contributed by atoms with van der Waals surface area (Å²) in [6, 6.07) is 13.7. The van der Waals surface area contributed by atoms with Crippen LogP contribution in [-0.2, 0) is 11.2 Å². The average molecular weight is 289 g/mol. The Morgan fingerprint density at radius 3 is 2.65 bits per heavy atom. The number of hydrogen-bond donors (Lipinski definition) is 2. The van der Waals surface area contributed by atoms with Gasteiger partial charge < -0.3 is 10.4 Å². The van der Waals surface area contributed by atoms with Crippen LogP contribution >= 0.6 is 11.3 Å². The summed E-state index contributed by atoms with van der Waals surface area (Å²) in [6.45, 7) is 0.0603. The van der Waals surface area contributed by atoms with Gasteiger partial charge in [0, 0.05) is 17.9 Å². The maximum atomic E-state index is 12.0. The standard InChI is InChI=1S/C16H19NO2S/c18-11-10-15(13-5-2-1-3-6-13)17-16(19)9-8-14-7-4-12-20-14/h1-7,12,15,18H,8-11H2,(H,17,19). The number of thiophene rings is 1. The van der Waals surface area contributed by atoms with Gasteiger partial charge in [-0.25, -0.2) is 0 Å². The molecule has 0 fully saturated rings. The van der Waals surface area contributed by atoms with Crippen molar-refractivity contribution in [3.05, 3.63) is 58.3 Å². The monoisotopic (exact) mass is 289 g/mol. The van der Waals surface area contributed by atoms with Gasteiger partial charge in [0.2, 0.25) is 5.91 Å². The van der Waals surface area contributed by atoms with Gasteiger partial charge in [-0.15, -0.1) is 11.3 Å². The fourth-order valence-electron chi connectivity index (χ4n) is 2.09. The van der Waals surface area contributed by atoms with Crippen molar-refractivity contribution in [2.24, 2.45) is 0 Å². The molecule has 106 valence electrons. The summed E-state index contributed by atoms with van der Waals surface area (Å²) in [5, 5.41) is 14.2. The second-order valence-corrected chi connectivity index (χ2v) is 5.65. The molecule has 20 heavy (non-hydrogen) atoms. The molecule has 2 rings (SSSR count). The van der Waals surface area contributed by atoms with E-state index in [0.29, 0.717) is 12.8 Å². The predicted octanol–water partition coefficient (Wildman–Crippen LogP) is 2.92. The molecule has 4 heteroatoms. The Labute approximate surface area is 123 Å². The van der Waals surface area contributed by atoms with Crippen LogP contribution in [0.3, 0.4) is 0 Å². The molecule has 1 aromatic heterocycles. The van der Waals surface area contributed by atoms with Gasteiger partial charge in [-0.1, -0.05) is 36.4 Å². The van der Waals surface area contributed by atoms with E-state index in [9.17, 15) is 4.79 Å². The number of rotatable bonds is 7. The summed E-state index contributed by atoms with van der Waals surface area (Å²) >= 11 is 1.67. The Morgan fingerprint density at radius 1 is 1.20 bits per heavy atom. The molecular weight excluding hydrogens is 270 g/mol. The van der Waals surface area contributed by atoms with Crippen molar-refractivity contribution in [2.75, 3.05) is 6.61 Å². The topological polar surface area (TPSA) is 49.3 Å². The average Bonchev–Trinajstić information content (AvgIpc) is 2.99. The van der Waals surface area contributed by atoms with Gasteiger partial charge >= 0.3 is 0 Å². The molecule has 1 unspecified atom stereocenters. The van der Waals surface area contributed by atoms with Crippen molar-refractivity contribution in [3.63, 3.8) is 0 Å². The van der Waals surface area contributed by atoms with Gasteiger partial charge in [-0.2, -0.15) is 0 Å². The first-order chi connectivity index (χ1) is 9.79. The third-order valence-electron chi connectivity index (χ3n) is 3.13. The maximum absolute atomic E-state index is 12.0. The van der Waals surface area contributed by atoms with E-state index in [4.69, 9.17) is 5.11 Å². The molecule has 0 radical (unpaired) electrons. The number of nitrogens with one attached hydrogen (secondary N) is 1. The quantitative estimate of drug-likeness (QED) is 0.823. The molecule has 3 nitrogen and oxygen atoms in total. The second-order valence-electron chi connectivity index (χ2n) is 4.62. The van der Waals surface area contributed by atoms with Crippen LogP contribution in [0.2, 0.25) is 0 Å². The molecule has 0 aliphatic heterocycles. The molecule has 1 heterocycles. The third-order valence-corrected chi connectivity index (χ3v) is 4.07. The minimum atomic E-state index is -0.114. The van der Waals surface area contributed by atoms with Gasteiger partial charge in [-0.05, 0) is 29.9 Å². The summed E-state index contributed by atoms with van der Waals surface area (Å²) in [6.07, 6.45) is 1.79. The van der Waals surface area contributed by atoms with E-state index in [1.807, 2.05) is 47.8 Å². The third kappa shape index (κ3) is 4.47. The molecule has 0 spiro atoms. The Hall–Kier alpha value is -1.65. The van der Waals surface area contributed by atoms with Crippen LogP contribution in [-0.4, -0.2) is 17.6 Å². The van der Waals surface area contributed by atoms with E-state index in [2.05, 4.69) is 5.32 Å². The van der Waals surface area contributed by atoms with E-state index in [1.165, 1.54) is 4.88 Å². The normalized spacial score (nSPS) is 12.1. The molecule has 0 aliphatic rings. The highest BCUT2D eigenvalue weighted by Crippen LogP contribution is 2.17. The summed E-state index contributed by atoms with van der Waals surface area (Å²) in [5.74, 6) is 0.0284. The van der Waals surface area contributed by atoms with Gasteiger partial charge in [-0.3, -0.25) is 4.79 Å². The van der Waals surface area contributed by atoms with Gasteiger partial charge in [0.05, 0.1) is 6.04 Å². The number of aliphatic hydroxyl groups is 1. The molecule has 0 saturated carbocycles. The zero-order valence-corrected chi connectivity index (χ0v) is 12.1. The zero-order valence-electron chi connectivity index (χ0n) is 11.3. The van der Waals surface area contributed by atoms with Crippen molar-refractivity contribution in [2.45, 2.75) is 25.3 Å². The number of carbonyl (C=O) groups is 1. The number of benzene rings is 1. The Morgan fingerprint density at radius 2 is 2.00 bits per heavy atom. The highest BCUT2D eigenvalue weighted by Gasteiger charge is 2.13. The van der Waals surface area contributed by atoms with E-state index >= 15 is 0 Å². The molecule has 2 aromatic rings. The number of hydrogen-bond acceptors (Lipinski definition) is 3. The van der Waals surface area contributed by atoms with Crippen LogP contribution in [0.4, 0.5) is 0 Å². The van der Waals surface area contributed by atoms with E-state index in [0.717, 1.165) is 12.0 Å². The molecule has 0 saturated heterocycles. The van der Waals surface area contributed by atoms with E-state index in [-0.39, 0.29) is 18.6 Å². The first-order valence-electron chi connectivity index (χ1n) is 6.77. The lowest BCUT2D eigenvalue weighted by atomic mass is 10.0. The molecule has 2 N–H and O–H groups in total. The Balaban J connectivity index is 1.89. The first-order valence-corrected chi connectivity index (χ1v) is 7.65. The van der Waals surface area contributed by atoms with Crippen molar-refractivity contribution in [1.82, 2.24) is 5.32 Å². The Kier molecular flexibility index (Phi) is 5.77. The fraction of sp³-hybridized carbons (Fsp3) is 0.312. The minimum absolute atomic E-state index is 0.0284. The molecule has 1 amide bonds. The van der Waals surface area contributed by atoms with Gasteiger partial charge in [0.15, 0.2) is 0 Å². The van der Waals surface area contributed by atoms with Crippen molar-refractivity contribution < 1.29 is 9.90 Å². The lowest BCUT2D eigenvalue weighted by molar-refractivity contribution is -0.121.